The summed E-state index contributed by atoms with van der Waals surface area (Å²) in [5.74, 6) is 0.00505. The second kappa shape index (κ2) is 6.36. The molecule has 1 saturated heterocycles. The molecule has 3 heterocycles. The molecule has 0 bridgehead atoms. The van der Waals surface area contributed by atoms with Crippen molar-refractivity contribution in [1.29, 1.82) is 0 Å². The highest BCUT2D eigenvalue weighted by Gasteiger charge is 2.26. The Morgan fingerprint density at radius 2 is 2.48 bits per heavy atom. The monoisotopic (exact) mass is 306 g/mol. The highest BCUT2D eigenvalue weighted by Crippen LogP contribution is 2.22. The van der Waals surface area contributed by atoms with Crippen molar-refractivity contribution in [3.63, 3.8) is 0 Å². The average molecular weight is 306 g/mol. The molecule has 1 aliphatic heterocycles. The Balaban J connectivity index is 1.68. The van der Waals surface area contributed by atoms with Crippen LogP contribution in [-0.2, 0) is 11.3 Å². The van der Waals surface area contributed by atoms with E-state index in [1.54, 1.807) is 13.3 Å². The van der Waals surface area contributed by atoms with Crippen molar-refractivity contribution in [2.45, 2.75) is 25.5 Å². The fourth-order valence-electron chi connectivity index (χ4n) is 2.61. The van der Waals surface area contributed by atoms with E-state index in [0.717, 1.165) is 24.4 Å². The number of carbonyl (C=O) groups excluding carboxylic acids is 1. The van der Waals surface area contributed by atoms with Crippen LogP contribution in [0.5, 0.6) is 0 Å². The number of hydrogen-bond donors (Lipinski definition) is 0. The SMILES string of the molecule is COCc1nc(C(=O)N2CCCC(n3cccn3)C2)cs1. The summed E-state index contributed by atoms with van der Waals surface area (Å²) in [7, 11) is 1.63. The summed E-state index contributed by atoms with van der Waals surface area (Å²) in [5, 5.41) is 6.93. The molecule has 0 aliphatic carbocycles. The molecule has 0 radical (unpaired) electrons. The normalized spacial score (nSPS) is 18.9. The molecule has 112 valence electrons. The van der Waals surface area contributed by atoms with Crippen LogP contribution < -0.4 is 0 Å². The molecule has 2 aromatic heterocycles. The molecule has 0 aromatic carbocycles. The van der Waals surface area contributed by atoms with Crippen LogP contribution in [0.25, 0.3) is 0 Å². The number of amides is 1. The number of methoxy groups -OCH3 is 1. The highest BCUT2D eigenvalue weighted by atomic mass is 32.1. The smallest absolute Gasteiger partial charge is 0.273 e. The Morgan fingerprint density at radius 1 is 1.57 bits per heavy atom. The number of piperidine rings is 1. The summed E-state index contributed by atoms with van der Waals surface area (Å²) < 4.78 is 6.99. The Bertz CT molecular complexity index is 596. The summed E-state index contributed by atoms with van der Waals surface area (Å²) in [6, 6.07) is 2.17. The standard InChI is InChI=1S/C14H18N4O2S/c1-20-9-13-16-12(10-21-13)14(19)17-6-2-4-11(8-17)18-7-3-5-15-18/h3,5,7,10-11H,2,4,6,8-9H2,1H3. The van der Waals surface area contributed by atoms with E-state index < -0.39 is 0 Å². The Labute approximate surface area is 127 Å². The Morgan fingerprint density at radius 3 is 3.24 bits per heavy atom. The van der Waals surface area contributed by atoms with E-state index in [4.69, 9.17) is 4.74 Å². The van der Waals surface area contributed by atoms with Gasteiger partial charge in [-0.2, -0.15) is 5.10 Å². The Hall–Kier alpha value is -1.73. The molecule has 7 heteroatoms. The van der Waals surface area contributed by atoms with Crippen LogP contribution in [0.15, 0.2) is 23.8 Å². The summed E-state index contributed by atoms with van der Waals surface area (Å²) >= 11 is 1.46. The zero-order valence-corrected chi connectivity index (χ0v) is 12.8. The van der Waals surface area contributed by atoms with E-state index in [2.05, 4.69) is 10.1 Å². The molecule has 2 aromatic rings. The lowest BCUT2D eigenvalue weighted by atomic mass is 10.1. The van der Waals surface area contributed by atoms with Gasteiger partial charge in [0.15, 0.2) is 0 Å². The number of aromatic nitrogens is 3. The maximum atomic E-state index is 12.5. The molecule has 1 aliphatic rings. The van der Waals surface area contributed by atoms with E-state index in [-0.39, 0.29) is 11.9 Å². The molecule has 1 atom stereocenters. The fraction of sp³-hybridized carbons (Fsp3) is 0.500. The van der Waals surface area contributed by atoms with Crippen molar-refractivity contribution in [2.24, 2.45) is 0 Å². The third-order valence-electron chi connectivity index (χ3n) is 3.62. The van der Waals surface area contributed by atoms with Crippen LogP contribution in [0.4, 0.5) is 0 Å². The molecule has 1 unspecified atom stereocenters. The van der Waals surface area contributed by atoms with Gasteiger partial charge in [0.2, 0.25) is 0 Å². The van der Waals surface area contributed by atoms with Gasteiger partial charge >= 0.3 is 0 Å². The molecule has 0 N–H and O–H groups in total. The van der Waals surface area contributed by atoms with Crippen molar-refractivity contribution >= 4 is 17.2 Å². The van der Waals surface area contributed by atoms with Crippen molar-refractivity contribution in [3.05, 3.63) is 34.5 Å². The molecule has 0 saturated carbocycles. The molecule has 1 fully saturated rings. The summed E-state index contributed by atoms with van der Waals surface area (Å²) in [4.78, 5) is 18.8. The fourth-order valence-corrected chi connectivity index (χ4v) is 3.35. The lowest BCUT2D eigenvalue weighted by Gasteiger charge is -2.32. The van der Waals surface area contributed by atoms with Gasteiger partial charge in [-0.15, -0.1) is 11.3 Å². The molecule has 1 amide bonds. The third-order valence-corrected chi connectivity index (χ3v) is 4.44. The highest BCUT2D eigenvalue weighted by molar-refractivity contribution is 7.09. The first-order valence-corrected chi connectivity index (χ1v) is 7.87. The van der Waals surface area contributed by atoms with Gasteiger partial charge in [0.05, 0.1) is 12.6 Å². The van der Waals surface area contributed by atoms with E-state index in [0.29, 0.717) is 18.8 Å². The van der Waals surface area contributed by atoms with Crippen LogP contribution in [0.3, 0.4) is 0 Å². The third kappa shape index (κ3) is 3.14. The maximum absolute atomic E-state index is 12.5. The van der Waals surface area contributed by atoms with Crippen LogP contribution in [0.1, 0.15) is 34.4 Å². The maximum Gasteiger partial charge on any atom is 0.273 e. The van der Waals surface area contributed by atoms with Crippen LogP contribution in [0.2, 0.25) is 0 Å². The van der Waals surface area contributed by atoms with E-state index in [9.17, 15) is 4.79 Å². The van der Waals surface area contributed by atoms with Crippen molar-refractivity contribution < 1.29 is 9.53 Å². The van der Waals surface area contributed by atoms with Gasteiger partial charge in [-0.25, -0.2) is 4.98 Å². The lowest BCUT2D eigenvalue weighted by molar-refractivity contribution is 0.0667. The molecular formula is C14H18N4O2S. The van der Waals surface area contributed by atoms with Gasteiger partial charge in [-0.3, -0.25) is 9.48 Å². The van der Waals surface area contributed by atoms with Crippen molar-refractivity contribution in [2.75, 3.05) is 20.2 Å². The average Bonchev–Trinajstić information content (AvgIpc) is 3.18. The second-order valence-corrected chi connectivity index (χ2v) is 6.04. The van der Waals surface area contributed by atoms with Crippen molar-refractivity contribution in [3.8, 4) is 0 Å². The predicted octanol–water partition coefficient (Wildman–Crippen LogP) is 1.96. The van der Waals surface area contributed by atoms with E-state index in [1.165, 1.54) is 11.3 Å². The number of thiazole rings is 1. The van der Waals surface area contributed by atoms with E-state index in [1.807, 2.05) is 27.2 Å². The van der Waals surface area contributed by atoms with Gasteiger partial charge in [-0.1, -0.05) is 0 Å². The zero-order valence-electron chi connectivity index (χ0n) is 11.9. The van der Waals surface area contributed by atoms with Gasteiger partial charge in [0.25, 0.3) is 5.91 Å². The van der Waals surface area contributed by atoms with E-state index >= 15 is 0 Å². The quantitative estimate of drug-likeness (QED) is 0.866. The first-order chi connectivity index (χ1) is 10.3. The van der Waals surface area contributed by atoms with Gasteiger partial charge < -0.3 is 9.64 Å². The predicted molar refractivity (Wildman–Crippen MR) is 79.2 cm³/mol. The first kappa shape index (κ1) is 14.2. The number of ether oxygens (including phenoxy) is 1. The van der Waals surface area contributed by atoms with Crippen LogP contribution >= 0.6 is 11.3 Å². The minimum Gasteiger partial charge on any atom is -0.378 e. The largest absolute Gasteiger partial charge is 0.378 e. The minimum atomic E-state index is 0.00505. The number of hydrogen-bond acceptors (Lipinski definition) is 5. The Kier molecular flexibility index (Phi) is 4.31. The minimum absolute atomic E-state index is 0.00505. The van der Waals surface area contributed by atoms with Gasteiger partial charge in [0, 0.05) is 38.0 Å². The van der Waals surface area contributed by atoms with Gasteiger partial charge in [0.1, 0.15) is 10.7 Å². The van der Waals surface area contributed by atoms with Crippen LogP contribution in [-0.4, -0.2) is 45.8 Å². The van der Waals surface area contributed by atoms with Crippen LogP contribution in [0, 0.1) is 0 Å². The second-order valence-electron chi connectivity index (χ2n) is 5.09. The molecule has 0 spiro atoms. The number of carbonyl (C=O) groups is 1. The summed E-state index contributed by atoms with van der Waals surface area (Å²) in [6.45, 7) is 1.93. The number of likely N-dealkylation sites (tertiary alicyclic amines) is 1. The van der Waals surface area contributed by atoms with Gasteiger partial charge in [-0.05, 0) is 18.9 Å². The molecular weight excluding hydrogens is 288 g/mol. The van der Waals surface area contributed by atoms with Crippen molar-refractivity contribution in [1.82, 2.24) is 19.7 Å². The lowest BCUT2D eigenvalue weighted by Crippen LogP contribution is -2.41. The summed E-state index contributed by atoms with van der Waals surface area (Å²) in [6.07, 6.45) is 5.78. The molecule has 6 nitrogen and oxygen atoms in total. The summed E-state index contributed by atoms with van der Waals surface area (Å²) in [5.41, 5.74) is 0.521. The number of rotatable bonds is 4. The molecule has 21 heavy (non-hydrogen) atoms. The topological polar surface area (TPSA) is 60.2 Å². The molecule has 3 rings (SSSR count). The first-order valence-electron chi connectivity index (χ1n) is 6.99. The number of nitrogens with zero attached hydrogens (tertiary/aromatic N) is 4. The zero-order chi connectivity index (χ0) is 14.7.